The lowest BCUT2D eigenvalue weighted by Crippen LogP contribution is -2.42. The van der Waals surface area contributed by atoms with Crippen molar-refractivity contribution < 1.29 is 29.4 Å². The van der Waals surface area contributed by atoms with E-state index in [2.05, 4.69) is 5.32 Å². The second-order valence-electron chi connectivity index (χ2n) is 6.54. The fourth-order valence-corrected chi connectivity index (χ4v) is 5.63. The molecule has 1 amide bonds. The maximum atomic E-state index is 12.2. The number of carbonyl (C=O) groups is 4. The van der Waals surface area contributed by atoms with Crippen LogP contribution in [-0.2, 0) is 19.2 Å². The topological polar surface area (TPSA) is 121 Å². The Labute approximate surface area is 201 Å². The van der Waals surface area contributed by atoms with Gasteiger partial charge in [-0.2, -0.15) is 40.5 Å². The zero-order valence-electron chi connectivity index (χ0n) is 16.4. The minimum Gasteiger partial charge on any atom is -0.481 e. The van der Waals surface area contributed by atoms with Crippen LogP contribution in [0.15, 0.2) is 0 Å². The molecule has 0 spiro atoms. The summed E-state index contributed by atoms with van der Waals surface area (Å²) < 4.78 is 0. The molecule has 1 rings (SSSR count). The van der Waals surface area contributed by atoms with Crippen LogP contribution in [0.3, 0.4) is 0 Å². The van der Waals surface area contributed by atoms with Crippen molar-refractivity contribution in [3.05, 3.63) is 0 Å². The lowest BCUT2D eigenvalue weighted by Gasteiger charge is -2.18. The molecule has 0 radical (unpaired) electrons. The van der Waals surface area contributed by atoms with Crippen LogP contribution < -0.4 is 5.32 Å². The van der Waals surface area contributed by atoms with Gasteiger partial charge in [0.25, 0.3) is 0 Å². The number of nitrogens with one attached hydrogen (secondary N) is 1. The first-order chi connectivity index (χ1) is 12.3. The predicted molar refractivity (Wildman–Crippen MR) is 133 cm³/mol. The molecule has 0 saturated carbocycles. The van der Waals surface area contributed by atoms with Gasteiger partial charge in [-0.25, -0.2) is 0 Å². The largest absolute Gasteiger partial charge is 0.481 e. The Bertz CT molecular complexity index is 517. The molecular formula is C17H33NO6S5. The van der Waals surface area contributed by atoms with Gasteiger partial charge in [0, 0.05) is 30.3 Å². The normalized spacial score (nSPS) is 16.9. The number of hydrogen-bond acceptors (Lipinski definition) is 6. The fourth-order valence-electron chi connectivity index (χ4n) is 2.60. The van der Waals surface area contributed by atoms with Crippen molar-refractivity contribution in [1.29, 1.82) is 0 Å². The van der Waals surface area contributed by atoms with Crippen LogP contribution in [0.1, 0.15) is 58.3 Å². The Morgan fingerprint density at radius 1 is 1.07 bits per heavy atom. The number of carboxylic acids is 2. The van der Waals surface area contributed by atoms with Gasteiger partial charge in [-0.05, 0) is 25.7 Å². The number of amides is 1. The van der Waals surface area contributed by atoms with Crippen LogP contribution >= 0.6 is 62.1 Å². The minimum atomic E-state index is -1.09. The Kier molecular flexibility index (Phi) is 21.5. The van der Waals surface area contributed by atoms with Gasteiger partial charge in [0.15, 0.2) is 5.78 Å². The average Bonchev–Trinajstić information content (AvgIpc) is 3.08. The first-order valence-corrected chi connectivity index (χ1v) is 11.2. The van der Waals surface area contributed by atoms with Gasteiger partial charge in [-0.3, -0.25) is 19.2 Å². The van der Waals surface area contributed by atoms with Gasteiger partial charge in [0.2, 0.25) is 5.91 Å². The summed E-state index contributed by atoms with van der Waals surface area (Å²) in [5, 5.41) is 21.0. The zero-order valence-corrected chi connectivity index (χ0v) is 21.1. The lowest BCUT2D eigenvalue weighted by atomic mass is 9.97. The smallest absolute Gasteiger partial charge is 0.306 e. The third-order valence-electron chi connectivity index (χ3n) is 4.21. The van der Waals surface area contributed by atoms with E-state index >= 15 is 0 Å². The van der Waals surface area contributed by atoms with Crippen molar-refractivity contribution >= 4 is 85.7 Å². The first-order valence-electron chi connectivity index (χ1n) is 8.84. The summed E-state index contributed by atoms with van der Waals surface area (Å²) in [6.45, 7) is 1.41. The standard InChI is InChI=1S/C17H27NO6S2.3H2S/c1-11(17(23)24)10-14(19)13(6-7-16(21)22)18-15(20)5-3-2-4-12-8-9-25-26-12;;;/h11-13H,2-10H2,1H3,(H,18,20)(H,21,22)(H,23,24);3*1H2/t11-,12+,13+;;;/m1.../s1. The predicted octanol–water partition coefficient (Wildman–Crippen LogP) is 3.07. The summed E-state index contributed by atoms with van der Waals surface area (Å²) in [4.78, 5) is 46.0. The highest BCUT2D eigenvalue weighted by Crippen LogP contribution is 2.39. The van der Waals surface area contributed by atoms with E-state index < -0.39 is 29.7 Å². The van der Waals surface area contributed by atoms with Crippen molar-refractivity contribution in [1.82, 2.24) is 5.32 Å². The Balaban J connectivity index is -0.00000225. The fraction of sp³-hybridized carbons (Fsp3) is 0.765. The van der Waals surface area contributed by atoms with Crippen molar-refractivity contribution in [3.63, 3.8) is 0 Å². The van der Waals surface area contributed by atoms with Crippen LogP contribution in [-0.4, -0.2) is 50.9 Å². The molecule has 1 aliphatic heterocycles. The molecule has 1 heterocycles. The van der Waals surface area contributed by atoms with Crippen LogP contribution in [0.2, 0.25) is 0 Å². The quantitative estimate of drug-likeness (QED) is 0.257. The Morgan fingerprint density at radius 2 is 1.72 bits per heavy atom. The van der Waals surface area contributed by atoms with Crippen LogP contribution in [0.25, 0.3) is 0 Å². The van der Waals surface area contributed by atoms with Crippen molar-refractivity contribution in [2.45, 2.75) is 69.6 Å². The highest BCUT2D eigenvalue weighted by Gasteiger charge is 2.25. The first kappa shape index (κ1) is 33.5. The molecule has 1 saturated heterocycles. The molecule has 1 fully saturated rings. The molecule has 7 nitrogen and oxygen atoms in total. The summed E-state index contributed by atoms with van der Waals surface area (Å²) in [5.74, 6) is -2.56. The summed E-state index contributed by atoms with van der Waals surface area (Å²) in [5.41, 5.74) is 0. The molecule has 0 aromatic heterocycles. The number of Topliss-reactive ketones (excluding diaryl/α,β-unsaturated/α-hetero) is 1. The molecule has 0 aromatic carbocycles. The molecule has 3 N–H and O–H groups in total. The molecule has 0 aliphatic carbocycles. The number of carbonyl (C=O) groups excluding carboxylic acids is 2. The van der Waals surface area contributed by atoms with E-state index in [1.165, 1.54) is 19.1 Å². The highest BCUT2D eigenvalue weighted by molar-refractivity contribution is 8.77. The van der Waals surface area contributed by atoms with E-state index in [9.17, 15) is 19.2 Å². The highest BCUT2D eigenvalue weighted by atomic mass is 33.1. The van der Waals surface area contributed by atoms with Gasteiger partial charge in [-0.15, -0.1) is 0 Å². The molecule has 1 aliphatic rings. The number of unbranched alkanes of at least 4 members (excludes halogenated alkanes) is 1. The monoisotopic (exact) mass is 507 g/mol. The second kappa shape index (κ2) is 18.6. The number of hydrogen-bond donors (Lipinski definition) is 3. The molecule has 0 bridgehead atoms. The third-order valence-corrected chi connectivity index (χ3v) is 7.21. The third kappa shape index (κ3) is 15.3. The van der Waals surface area contributed by atoms with Crippen LogP contribution in [0.4, 0.5) is 0 Å². The molecule has 29 heavy (non-hydrogen) atoms. The molecule has 172 valence electrons. The van der Waals surface area contributed by atoms with E-state index in [0.717, 1.165) is 19.3 Å². The summed E-state index contributed by atoms with van der Waals surface area (Å²) in [7, 11) is 3.78. The number of aliphatic carboxylic acids is 2. The maximum absolute atomic E-state index is 12.2. The lowest BCUT2D eigenvalue weighted by molar-refractivity contribution is -0.143. The van der Waals surface area contributed by atoms with Gasteiger partial charge >= 0.3 is 11.9 Å². The zero-order chi connectivity index (χ0) is 19.5. The number of carboxylic acid groups (broad SMARTS) is 2. The molecule has 0 aromatic rings. The van der Waals surface area contributed by atoms with E-state index in [-0.39, 0.29) is 72.1 Å². The second-order valence-corrected chi connectivity index (χ2v) is 9.32. The summed E-state index contributed by atoms with van der Waals surface area (Å²) in [6, 6.07) is -0.942. The maximum Gasteiger partial charge on any atom is 0.306 e. The molecular weight excluding hydrogens is 475 g/mol. The Hall–Kier alpha value is -0.170. The Morgan fingerprint density at radius 3 is 2.24 bits per heavy atom. The van der Waals surface area contributed by atoms with Crippen molar-refractivity contribution in [2.75, 3.05) is 5.75 Å². The SMILES string of the molecule is C[C@H](CC(=O)[C@H](CCC(=O)O)NC(=O)CCCC[C@H]1CCSS1)C(=O)O.S.S.S. The van der Waals surface area contributed by atoms with E-state index in [4.69, 9.17) is 10.2 Å². The van der Waals surface area contributed by atoms with E-state index in [1.54, 1.807) is 0 Å². The summed E-state index contributed by atoms with van der Waals surface area (Å²) in [6.07, 6.45) is 3.72. The van der Waals surface area contributed by atoms with Crippen molar-refractivity contribution in [3.8, 4) is 0 Å². The van der Waals surface area contributed by atoms with Crippen LogP contribution in [0.5, 0.6) is 0 Å². The molecule has 3 atom stereocenters. The summed E-state index contributed by atoms with van der Waals surface area (Å²) >= 11 is 0. The van der Waals surface area contributed by atoms with E-state index in [1.807, 2.05) is 21.6 Å². The molecule has 12 heteroatoms. The van der Waals surface area contributed by atoms with Crippen molar-refractivity contribution in [2.24, 2.45) is 5.92 Å². The minimum absolute atomic E-state index is 0. The number of rotatable bonds is 13. The molecule has 0 unspecified atom stereocenters. The van der Waals surface area contributed by atoms with Crippen LogP contribution in [0, 0.1) is 5.92 Å². The number of ketones is 1. The van der Waals surface area contributed by atoms with Gasteiger partial charge in [0.05, 0.1) is 12.0 Å². The van der Waals surface area contributed by atoms with Gasteiger partial charge in [0.1, 0.15) is 0 Å². The van der Waals surface area contributed by atoms with E-state index in [0.29, 0.717) is 5.25 Å². The average molecular weight is 508 g/mol. The van der Waals surface area contributed by atoms with Gasteiger partial charge < -0.3 is 15.5 Å². The van der Waals surface area contributed by atoms with Gasteiger partial charge in [-0.1, -0.05) is 34.9 Å².